The highest BCUT2D eigenvalue weighted by Crippen LogP contribution is 2.50. The molecule has 0 aliphatic carbocycles. The van der Waals surface area contributed by atoms with E-state index in [2.05, 4.69) is 0 Å². The molecule has 1 aliphatic heterocycles. The fourth-order valence-electron chi connectivity index (χ4n) is 4.73. The van der Waals surface area contributed by atoms with Gasteiger partial charge in [-0.2, -0.15) is 26.3 Å². The third kappa shape index (κ3) is 7.41. The van der Waals surface area contributed by atoms with Crippen LogP contribution >= 0.6 is 0 Å². The number of benzene rings is 2. The molecule has 0 unspecified atom stereocenters. The molecule has 2 aromatic carbocycles. The van der Waals surface area contributed by atoms with Crippen molar-refractivity contribution in [2.24, 2.45) is 5.92 Å². The quantitative estimate of drug-likeness (QED) is 0.325. The maximum atomic E-state index is 13.4. The van der Waals surface area contributed by atoms with E-state index in [9.17, 15) is 53.8 Å². The van der Waals surface area contributed by atoms with E-state index in [0.717, 1.165) is 36.4 Å². The van der Waals surface area contributed by atoms with Crippen LogP contribution in [0.5, 0.6) is 0 Å². The first-order chi connectivity index (χ1) is 19.4. The number of carbonyl (C=O) groups excluding carboxylic acids is 2. The molecule has 0 aromatic heterocycles. The summed E-state index contributed by atoms with van der Waals surface area (Å²) in [6.45, 7) is 1.61. The molecule has 42 heavy (non-hydrogen) atoms. The van der Waals surface area contributed by atoms with Crippen molar-refractivity contribution in [2.75, 3.05) is 25.4 Å². The van der Waals surface area contributed by atoms with Crippen molar-refractivity contribution in [2.45, 2.75) is 55.6 Å². The Morgan fingerprint density at radius 2 is 1.45 bits per heavy atom. The summed E-state index contributed by atoms with van der Waals surface area (Å²) >= 11 is 0. The first-order valence-corrected chi connectivity index (χ1v) is 14.5. The molecule has 0 bridgehead atoms. The molecule has 0 atom stereocenters. The van der Waals surface area contributed by atoms with Crippen molar-refractivity contribution in [1.82, 2.24) is 9.80 Å². The zero-order valence-electron chi connectivity index (χ0n) is 22.4. The summed E-state index contributed by atoms with van der Waals surface area (Å²) in [4.78, 5) is 27.8. The van der Waals surface area contributed by atoms with Crippen LogP contribution < -0.4 is 0 Å². The second kappa shape index (κ2) is 12.6. The van der Waals surface area contributed by atoms with E-state index < -0.39 is 56.7 Å². The van der Waals surface area contributed by atoms with E-state index in [-0.39, 0.29) is 35.9 Å². The normalized spacial score (nSPS) is 15.5. The molecule has 2 amide bonds. The van der Waals surface area contributed by atoms with Gasteiger partial charge in [-0.1, -0.05) is 24.3 Å². The Kier molecular flexibility index (Phi) is 9.97. The summed E-state index contributed by atoms with van der Waals surface area (Å²) in [6, 6.07) is 6.96. The second-order valence-electron chi connectivity index (χ2n) is 10.1. The molecule has 15 heteroatoms. The number of carbonyl (C=O) groups is 2. The van der Waals surface area contributed by atoms with Gasteiger partial charge in [-0.05, 0) is 49.1 Å². The predicted molar refractivity (Wildman–Crippen MR) is 136 cm³/mol. The van der Waals surface area contributed by atoms with Crippen LogP contribution in [-0.4, -0.2) is 72.9 Å². The molecule has 2 aromatic rings. The topological polar surface area (TPSA) is 95.0 Å². The predicted octanol–water partition coefficient (Wildman–Crippen LogP) is 4.59. The Hall–Kier alpha value is -3.20. The number of nitrogens with zero attached hydrogens (tertiary/aromatic N) is 2. The van der Waals surface area contributed by atoms with E-state index in [1.54, 1.807) is 4.90 Å². The van der Waals surface area contributed by atoms with Crippen molar-refractivity contribution >= 4 is 21.7 Å². The van der Waals surface area contributed by atoms with Crippen LogP contribution in [0.4, 0.5) is 30.7 Å². The summed E-state index contributed by atoms with van der Waals surface area (Å²) in [5.74, 6) is -2.18. The van der Waals surface area contributed by atoms with Crippen LogP contribution in [0.2, 0.25) is 0 Å². The summed E-state index contributed by atoms with van der Waals surface area (Å²) < 4.78 is 118. The number of rotatable bonds is 9. The van der Waals surface area contributed by atoms with E-state index in [1.807, 2.05) is 0 Å². The SMILES string of the molecule is CC(=O)N1CCC(C(=O)N(CCCS(=O)(=O)c2ccc(F)cc2)Cc2ccc(C(O)(C(F)(F)F)C(F)(F)F)cc2)CC1. The van der Waals surface area contributed by atoms with Crippen molar-refractivity contribution in [3.05, 3.63) is 65.5 Å². The molecule has 1 aliphatic rings. The fraction of sp³-hybridized carbons (Fsp3) is 0.481. The first-order valence-electron chi connectivity index (χ1n) is 12.8. The number of sulfone groups is 1. The summed E-state index contributed by atoms with van der Waals surface area (Å²) in [5, 5.41) is 9.63. The van der Waals surface area contributed by atoms with E-state index in [4.69, 9.17) is 0 Å². The van der Waals surface area contributed by atoms with Crippen LogP contribution in [0.25, 0.3) is 0 Å². The van der Waals surface area contributed by atoms with Crippen molar-refractivity contribution < 1.29 is 53.8 Å². The van der Waals surface area contributed by atoms with E-state index in [1.165, 1.54) is 11.8 Å². The Morgan fingerprint density at radius 1 is 0.929 bits per heavy atom. The van der Waals surface area contributed by atoms with Gasteiger partial charge >= 0.3 is 12.4 Å². The zero-order chi connectivity index (χ0) is 31.5. The average Bonchev–Trinajstić information content (AvgIpc) is 2.91. The van der Waals surface area contributed by atoms with Gasteiger partial charge in [-0.15, -0.1) is 0 Å². The van der Waals surface area contributed by atoms with Gasteiger partial charge in [0.1, 0.15) is 5.82 Å². The molecule has 1 N–H and O–H groups in total. The highest BCUT2D eigenvalue weighted by Gasteiger charge is 2.71. The highest BCUT2D eigenvalue weighted by molar-refractivity contribution is 7.91. The first kappa shape index (κ1) is 33.3. The van der Waals surface area contributed by atoms with E-state index >= 15 is 0 Å². The van der Waals surface area contributed by atoms with Gasteiger partial charge in [0, 0.05) is 44.6 Å². The van der Waals surface area contributed by atoms with Gasteiger partial charge in [0.2, 0.25) is 11.8 Å². The third-order valence-electron chi connectivity index (χ3n) is 7.18. The Labute approximate surface area is 237 Å². The average molecular weight is 627 g/mol. The standard InChI is InChI=1S/C27H29F7N2O5S/c1-18(37)35-14-11-20(12-15-35)24(38)36(13-2-16-42(40,41)23-9-7-22(28)8-10-23)17-19-3-5-21(6-4-19)25(39,26(29,30)31)27(32,33)34/h3-10,20,39H,2,11-17H2,1H3. The molecule has 1 fully saturated rings. The molecule has 232 valence electrons. The minimum absolute atomic E-state index is 0.0717. The highest BCUT2D eigenvalue weighted by atomic mass is 32.2. The molecule has 1 heterocycles. The maximum Gasteiger partial charge on any atom is 0.430 e. The van der Waals surface area contributed by atoms with Crippen molar-refractivity contribution in [1.29, 1.82) is 0 Å². The lowest BCUT2D eigenvalue weighted by Crippen LogP contribution is -2.53. The van der Waals surface area contributed by atoms with Gasteiger partial charge in [-0.25, -0.2) is 12.8 Å². The van der Waals surface area contributed by atoms with Gasteiger partial charge < -0.3 is 14.9 Å². The van der Waals surface area contributed by atoms with E-state index in [0.29, 0.717) is 38.1 Å². The fourth-order valence-corrected chi connectivity index (χ4v) is 6.03. The van der Waals surface area contributed by atoms with Crippen LogP contribution in [0.15, 0.2) is 53.4 Å². The molecule has 1 saturated heterocycles. The monoisotopic (exact) mass is 626 g/mol. The maximum absolute atomic E-state index is 13.4. The lowest BCUT2D eigenvalue weighted by Gasteiger charge is -2.34. The molecule has 3 rings (SSSR count). The van der Waals surface area contributed by atoms with Gasteiger partial charge in [0.05, 0.1) is 10.6 Å². The largest absolute Gasteiger partial charge is 0.430 e. The number of alkyl halides is 6. The number of piperidine rings is 1. The van der Waals surface area contributed by atoms with Crippen LogP contribution in [0, 0.1) is 11.7 Å². The number of likely N-dealkylation sites (tertiary alicyclic amines) is 1. The number of halogens is 7. The molecule has 0 radical (unpaired) electrons. The summed E-state index contributed by atoms with van der Waals surface area (Å²) in [7, 11) is -3.85. The molecular formula is C27H29F7N2O5S. The minimum atomic E-state index is -6.06. The Morgan fingerprint density at radius 3 is 1.93 bits per heavy atom. The third-order valence-corrected chi connectivity index (χ3v) is 9.00. The van der Waals surface area contributed by atoms with Crippen LogP contribution in [0.1, 0.15) is 37.3 Å². The van der Waals surface area contributed by atoms with Crippen molar-refractivity contribution in [3.8, 4) is 0 Å². The number of hydrogen-bond donors (Lipinski definition) is 1. The minimum Gasteiger partial charge on any atom is -0.369 e. The van der Waals surface area contributed by atoms with Crippen LogP contribution in [0.3, 0.4) is 0 Å². The van der Waals surface area contributed by atoms with Gasteiger partial charge in [-0.3, -0.25) is 9.59 Å². The Balaban J connectivity index is 1.81. The zero-order valence-corrected chi connectivity index (χ0v) is 23.2. The van der Waals surface area contributed by atoms with Gasteiger partial charge in [0.15, 0.2) is 9.84 Å². The number of amides is 2. The smallest absolute Gasteiger partial charge is 0.369 e. The Bertz CT molecular complexity index is 1340. The summed E-state index contributed by atoms with van der Waals surface area (Å²) in [5.41, 5.74) is -6.42. The summed E-state index contributed by atoms with van der Waals surface area (Å²) in [6.07, 6.45) is -11.6. The molecule has 0 spiro atoms. The van der Waals surface area contributed by atoms with Gasteiger partial charge in [0.25, 0.3) is 5.60 Å². The molecule has 7 nitrogen and oxygen atoms in total. The lowest BCUT2D eigenvalue weighted by atomic mass is 9.91. The van der Waals surface area contributed by atoms with Crippen LogP contribution in [-0.2, 0) is 31.6 Å². The number of aliphatic hydroxyl groups is 1. The van der Waals surface area contributed by atoms with Crippen molar-refractivity contribution in [3.63, 3.8) is 0 Å². The lowest BCUT2D eigenvalue weighted by molar-refractivity contribution is -0.376. The second-order valence-corrected chi connectivity index (χ2v) is 12.2. The molecule has 0 saturated carbocycles. The molecular weight excluding hydrogens is 597 g/mol. The number of hydrogen-bond acceptors (Lipinski definition) is 5.